The van der Waals surface area contributed by atoms with Crippen LogP contribution in [0.15, 0.2) is 97.5 Å². The topological polar surface area (TPSA) is 169 Å². The number of hydrogen-bond donors (Lipinski definition) is 2. The van der Waals surface area contributed by atoms with E-state index < -0.39 is 29.5 Å². The minimum absolute atomic E-state index is 0.00147. The molecule has 7 rings (SSSR count). The van der Waals surface area contributed by atoms with E-state index in [2.05, 4.69) is 15.0 Å². The van der Waals surface area contributed by atoms with Crippen LogP contribution >= 0.6 is 22.9 Å². The Labute approximate surface area is 360 Å². The summed E-state index contributed by atoms with van der Waals surface area (Å²) in [6.45, 7) is 7.17. The highest BCUT2D eigenvalue weighted by atomic mass is 35.5. The molecule has 61 heavy (non-hydrogen) atoms. The van der Waals surface area contributed by atoms with E-state index in [-0.39, 0.29) is 25.3 Å². The zero-order valence-corrected chi connectivity index (χ0v) is 35.4. The lowest BCUT2D eigenvalue weighted by Gasteiger charge is -2.20. The lowest BCUT2D eigenvalue weighted by molar-refractivity contribution is -0.154. The number of para-hydroxylation sites is 1. The Bertz CT molecular complexity index is 2760. The molecular weight excluding hydrogens is 821 g/mol. The average Bonchev–Trinajstić information content (AvgIpc) is 3.62. The molecule has 0 aliphatic rings. The molecule has 0 aliphatic heterocycles. The summed E-state index contributed by atoms with van der Waals surface area (Å²) in [6, 6.07) is 23.7. The summed E-state index contributed by atoms with van der Waals surface area (Å²) in [4.78, 5) is 45.4. The van der Waals surface area contributed by atoms with Gasteiger partial charge in [-0.3, -0.25) is 4.79 Å². The van der Waals surface area contributed by atoms with E-state index in [1.54, 1.807) is 76.5 Å². The molecule has 4 aromatic carbocycles. The van der Waals surface area contributed by atoms with Crippen LogP contribution in [0.25, 0.3) is 43.2 Å². The van der Waals surface area contributed by atoms with Gasteiger partial charge in [-0.25, -0.2) is 29.1 Å². The quantitative estimate of drug-likeness (QED) is 0.0786. The number of carboxylic acid groups (broad SMARTS) is 1. The number of methoxy groups -OCH3 is 1. The number of nitrogens with two attached hydrogens (primary N) is 1. The van der Waals surface area contributed by atoms with Crippen molar-refractivity contribution in [2.75, 3.05) is 12.8 Å². The zero-order valence-electron chi connectivity index (χ0n) is 33.9. The lowest BCUT2D eigenvalue weighted by atomic mass is 9.95. The van der Waals surface area contributed by atoms with Gasteiger partial charge in [-0.2, -0.15) is 0 Å². The van der Waals surface area contributed by atoms with Crippen molar-refractivity contribution in [1.82, 2.24) is 19.9 Å². The van der Waals surface area contributed by atoms with E-state index in [0.29, 0.717) is 87.8 Å². The summed E-state index contributed by atoms with van der Waals surface area (Å²) in [5.74, 6) is -0.747. The molecule has 3 heterocycles. The molecule has 1 unspecified atom stereocenters. The lowest BCUT2D eigenvalue weighted by Crippen LogP contribution is -2.30. The van der Waals surface area contributed by atoms with Gasteiger partial charge in [-0.1, -0.05) is 54.1 Å². The largest absolute Gasteiger partial charge is 0.496 e. The van der Waals surface area contributed by atoms with Crippen LogP contribution in [0.3, 0.4) is 0 Å². The predicted octanol–water partition coefficient (Wildman–Crippen LogP) is 9.71. The standard InChI is InChI=1S/C46H41ClFN5O7S/c1-25-31(15-16-33(49)40(25)47)38-39-43(51-24-52-44(39)61-41(38)27-11-13-29(48)14-12-27)59-36(45(55)56)22-28-20-26(21-37(54)60-46(2,3)4)10-17-34(28)58-23-30-18-19-50-42(53-30)32-8-6-7-9-35(32)57-5/h6-20,24,36H,21-23,49H2,1-5H3,(H,55,56). The second-order valence-corrected chi connectivity index (χ2v) is 16.4. The van der Waals surface area contributed by atoms with E-state index in [4.69, 9.17) is 41.3 Å². The fraction of sp³-hybridized carbons (Fsp3) is 0.217. The second kappa shape index (κ2) is 17.9. The highest BCUT2D eigenvalue weighted by Crippen LogP contribution is 2.49. The summed E-state index contributed by atoms with van der Waals surface area (Å²) in [5, 5.41) is 11.5. The first-order chi connectivity index (χ1) is 29.2. The van der Waals surface area contributed by atoms with Crippen molar-refractivity contribution in [3.05, 3.63) is 131 Å². The van der Waals surface area contributed by atoms with Crippen LogP contribution < -0.4 is 19.9 Å². The molecule has 0 saturated heterocycles. The number of nitrogen functional groups attached to an aromatic ring is 1. The van der Waals surface area contributed by atoms with Gasteiger partial charge in [-0.05, 0) is 98.0 Å². The molecule has 0 saturated carbocycles. The predicted molar refractivity (Wildman–Crippen MR) is 233 cm³/mol. The number of halogens is 2. The van der Waals surface area contributed by atoms with Gasteiger partial charge in [0.15, 0.2) is 5.82 Å². The number of thiophene rings is 1. The number of carbonyl (C=O) groups excluding carboxylic acids is 1. The van der Waals surface area contributed by atoms with Gasteiger partial charge in [-0.15, -0.1) is 11.3 Å². The SMILES string of the molecule is COc1ccccc1-c1nccc(COc2ccc(CC(=O)OC(C)(C)C)cc2CC(Oc2ncnc3sc(-c4ccc(F)cc4)c(-c4ccc(N)c(Cl)c4C)c23)C(=O)O)n1. The molecule has 0 amide bonds. The number of anilines is 1. The van der Waals surface area contributed by atoms with E-state index in [0.717, 1.165) is 0 Å². The third-order valence-corrected chi connectivity index (χ3v) is 11.2. The molecule has 0 bridgehead atoms. The summed E-state index contributed by atoms with van der Waals surface area (Å²) in [6.07, 6.45) is 1.13. The maximum Gasteiger partial charge on any atom is 0.345 e. The van der Waals surface area contributed by atoms with Gasteiger partial charge >= 0.3 is 11.9 Å². The van der Waals surface area contributed by atoms with Gasteiger partial charge in [0.1, 0.15) is 40.7 Å². The number of carbonyl (C=O) groups is 2. The molecular formula is C46H41ClFN5O7S. The van der Waals surface area contributed by atoms with Crippen LogP contribution in [0.4, 0.5) is 10.1 Å². The van der Waals surface area contributed by atoms with Crippen molar-refractivity contribution < 1.29 is 38.0 Å². The summed E-state index contributed by atoms with van der Waals surface area (Å²) < 4.78 is 37.9. The van der Waals surface area contributed by atoms with Crippen molar-refractivity contribution in [2.45, 2.75) is 58.8 Å². The van der Waals surface area contributed by atoms with Gasteiger partial charge in [0, 0.05) is 23.1 Å². The number of carboxylic acids is 1. The third kappa shape index (κ3) is 9.72. The number of nitrogens with zero attached hydrogens (tertiary/aromatic N) is 4. The van der Waals surface area contributed by atoms with Crippen molar-refractivity contribution in [3.63, 3.8) is 0 Å². The molecule has 3 N–H and O–H groups in total. The Morgan fingerprint density at radius 1 is 0.951 bits per heavy atom. The number of hydrogen-bond acceptors (Lipinski definition) is 12. The van der Waals surface area contributed by atoms with Crippen LogP contribution in [0.1, 0.15) is 43.2 Å². The monoisotopic (exact) mass is 861 g/mol. The molecule has 12 nitrogen and oxygen atoms in total. The Morgan fingerprint density at radius 3 is 2.46 bits per heavy atom. The van der Waals surface area contributed by atoms with Crippen molar-refractivity contribution in [1.29, 1.82) is 0 Å². The molecule has 7 aromatic rings. The van der Waals surface area contributed by atoms with Crippen LogP contribution in [0, 0.1) is 12.7 Å². The van der Waals surface area contributed by atoms with Gasteiger partial charge in [0.05, 0.1) is 40.9 Å². The number of aromatic nitrogens is 4. The van der Waals surface area contributed by atoms with Crippen molar-refractivity contribution in [2.24, 2.45) is 0 Å². The Balaban J connectivity index is 1.27. The van der Waals surface area contributed by atoms with Crippen molar-refractivity contribution >= 4 is 50.8 Å². The zero-order chi connectivity index (χ0) is 43.4. The molecule has 0 radical (unpaired) electrons. The number of ether oxygens (including phenoxy) is 4. The second-order valence-electron chi connectivity index (χ2n) is 15.0. The molecule has 3 aromatic heterocycles. The summed E-state index contributed by atoms with van der Waals surface area (Å²) in [5.41, 5.74) is 10.8. The maximum atomic E-state index is 14.1. The van der Waals surface area contributed by atoms with E-state index in [1.807, 2.05) is 37.3 Å². The minimum atomic E-state index is -1.51. The number of rotatable bonds is 14. The van der Waals surface area contributed by atoms with E-state index in [1.165, 1.54) is 29.8 Å². The molecule has 0 fully saturated rings. The van der Waals surface area contributed by atoms with Crippen molar-refractivity contribution in [3.8, 4) is 50.3 Å². The van der Waals surface area contributed by atoms with Gasteiger partial charge in [0.2, 0.25) is 12.0 Å². The Kier molecular flexibility index (Phi) is 12.5. The van der Waals surface area contributed by atoms with E-state index >= 15 is 0 Å². The number of benzene rings is 4. The fourth-order valence-corrected chi connectivity index (χ4v) is 8.04. The smallest absolute Gasteiger partial charge is 0.345 e. The summed E-state index contributed by atoms with van der Waals surface area (Å²) in [7, 11) is 1.57. The minimum Gasteiger partial charge on any atom is -0.496 e. The number of esters is 1. The highest BCUT2D eigenvalue weighted by Gasteiger charge is 2.29. The van der Waals surface area contributed by atoms with Crippen LogP contribution in [0.5, 0.6) is 17.4 Å². The van der Waals surface area contributed by atoms with Crippen LogP contribution in [-0.4, -0.2) is 55.8 Å². The number of aliphatic carboxylic acids is 1. The molecule has 312 valence electrons. The Morgan fingerprint density at radius 2 is 1.72 bits per heavy atom. The van der Waals surface area contributed by atoms with Crippen LogP contribution in [-0.2, 0) is 33.8 Å². The highest BCUT2D eigenvalue weighted by molar-refractivity contribution is 7.22. The first kappa shape index (κ1) is 42.5. The van der Waals surface area contributed by atoms with Gasteiger partial charge in [0.25, 0.3) is 0 Å². The normalized spacial score (nSPS) is 11.9. The first-order valence-corrected chi connectivity index (χ1v) is 20.3. The molecule has 15 heteroatoms. The first-order valence-electron chi connectivity index (χ1n) is 19.1. The average molecular weight is 862 g/mol. The van der Waals surface area contributed by atoms with Crippen LogP contribution in [0.2, 0.25) is 5.02 Å². The molecule has 1 atom stereocenters. The third-order valence-electron chi connectivity index (χ3n) is 9.51. The Hall–Kier alpha value is -6.64. The summed E-state index contributed by atoms with van der Waals surface area (Å²) >= 11 is 7.98. The fourth-order valence-electron chi connectivity index (χ4n) is 6.72. The van der Waals surface area contributed by atoms with E-state index in [9.17, 15) is 19.1 Å². The molecule has 0 spiro atoms. The molecule has 0 aliphatic carbocycles. The number of fused-ring (bicyclic) bond motifs is 1. The van der Waals surface area contributed by atoms with Gasteiger partial charge < -0.3 is 29.8 Å². The maximum absolute atomic E-state index is 14.1.